The monoisotopic (exact) mass is 428 g/mol. The van der Waals surface area contributed by atoms with Gasteiger partial charge < -0.3 is 10.2 Å². The topological polar surface area (TPSA) is 81.1 Å². The summed E-state index contributed by atoms with van der Waals surface area (Å²) < 4.78 is 0. The second kappa shape index (κ2) is 10.0. The molecule has 0 aromatic carbocycles. The normalized spacial score (nSPS) is 26.0. The average molecular weight is 429 g/mol. The molecule has 3 fully saturated rings. The van der Waals surface area contributed by atoms with Crippen molar-refractivity contribution in [2.75, 3.05) is 50.7 Å². The fourth-order valence-corrected chi connectivity index (χ4v) is 4.82. The first-order valence-electron chi connectivity index (χ1n) is 11.9. The summed E-state index contributed by atoms with van der Waals surface area (Å²) >= 11 is 0. The summed E-state index contributed by atoms with van der Waals surface area (Å²) in [7, 11) is 0. The van der Waals surface area contributed by atoms with Gasteiger partial charge >= 0.3 is 0 Å². The molecule has 2 aliphatic heterocycles. The summed E-state index contributed by atoms with van der Waals surface area (Å²) in [5.41, 5.74) is 0.491. The molecule has 0 unspecified atom stereocenters. The van der Waals surface area contributed by atoms with Gasteiger partial charge in [-0.1, -0.05) is 11.2 Å². The Hall–Kier alpha value is -2.06. The van der Waals surface area contributed by atoms with Crippen molar-refractivity contribution in [1.82, 2.24) is 20.1 Å². The Kier molecular flexibility index (Phi) is 7.17. The number of carbonyl (C=O) groups is 1. The molecule has 3 heterocycles. The van der Waals surface area contributed by atoms with Crippen LogP contribution in [0.25, 0.3) is 0 Å². The summed E-state index contributed by atoms with van der Waals surface area (Å²) in [6.45, 7) is 10.5. The van der Waals surface area contributed by atoms with E-state index < -0.39 is 0 Å². The Morgan fingerprint density at radius 3 is 2.74 bits per heavy atom. The Morgan fingerprint density at radius 1 is 1.16 bits per heavy atom. The second-order valence-corrected chi connectivity index (χ2v) is 9.53. The van der Waals surface area contributed by atoms with E-state index in [1.54, 1.807) is 6.07 Å². The van der Waals surface area contributed by atoms with Gasteiger partial charge in [0.1, 0.15) is 17.6 Å². The lowest BCUT2D eigenvalue weighted by Crippen LogP contribution is -2.55. The number of carbonyl (C=O) groups excluding carboxylic acids is 1. The van der Waals surface area contributed by atoms with E-state index in [2.05, 4.69) is 44.0 Å². The van der Waals surface area contributed by atoms with Gasteiger partial charge in [-0.25, -0.2) is 4.98 Å². The zero-order chi connectivity index (χ0) is 21.8. The number of anilines is 1. The lowest BCUT2D eigenvalue weighted by molar-refractivity contribution is 0.0787. The van der Waals surface area contributed by atoms with E-state index in [-0.39, 0.29) is 18.0 Å². The number of nitrogens with zero attached hydrogens (tertiary/aromatic N) is 5. The minimum atomic E-state index is -0.167. The summed E-state index contributed by atoms with van der Waals surface area (Å²) in [6, 6.07) is 6.21. The molecule has 1 aliphatic carbocycles. The van der Waals surface area contributed by atoms with Crippen LogP contribution in [0.2, 0.25) is 0 Å². The van der Waals surface area contributed by atoms with Crippen LogP contribution >= 0.6 is 0 Å². The standard InChI is InChI=1S/C23H36N6O2/c1-17(2)29-12-9-21(20(16-29)26-31)27-10-4-11-28(14-13-27)22-6-3-5-19(25-22)23(30)24-15-18-7-8-18/h3,5-6,17-18,20-21H,4,7-16H2,1-2H3,(H,24,30)/t20-,21-/m1/s1. The van der Waals surface area contributed by atoms with Crippen molar-refractivity contribution in [3.05, 3.63) is 28.8 Å². The van der Waals surface area contributed by atoms with Crippen molar-refractivity contribution < 1.29 is 4.79 Å². The molecular weight excluding hydrogens is 392 g/mol. The molecule has 0 radical (unpaired) electrons. The van der Waals surface area contributed by atoms with Crippen LogP contribution in [0.1, 0.15) is 50.0 Å². The minimum Gasteiger partial charge on any atom is -0.355 e. The van der Waals surface area contributed by atoms with Crippen molar-refractivity contribution in [3.63, 3.8) is 0 Å². The average Bonchev–Trinajstić information content (AvgIpc) is 3.64. The molecule has 1 N–H and O–H groups in total. The molecule has 4 rings (SSSR count). The van der Waals surface area contributed by atoms with Crippen LogP contribution in [0.5, 0.6) is 0 Å². The molecule has 8 heteroatoms. The Labute approximate surface area is 185 Å². The summed E-state index contributed by atoms with van der Waals surface area (Å²) in [4.78, 5) is 35.8. The highest BCUT2D eigenvalue weighted by Gasteiger charge is 2.35. The second-order valence-electron chi connectivity index (χ2n) is 9.53. The van der Waals surface area contributed by atoms with E-state index >= 15 is 0 Å². The zero-order valence-electron chi connectivity index (χ0n) is 18.9. The van der Waals surface area contributed by atoms with E-state index in [1.807, 2.05) is 12.1 Å². The Balaban J connectivity index is 1.36. The highest BCUT2D eigenvalue weighted by molar-refractivity contribution is 5.92. The molecule has 1 aromatic rings. The van der Waals surface area contributed by atoms with Gasteiger partial charge in [0, 0.05) is 57.9 Å². The summed E-state index contributed by atoms with van der Waals surface area (Å²) in [5, 5.41) is 6.51. The predicted molar refractivity (Wildman–Crippen MR) is 122 cm³/mol. The molecule has 1 amide bonds. The van der Waals surface area contributed by atoms with Gasteiger partial charge in [-0.2, -0.15) is 4.91 Å². The van der Waals surface area contributed by atoms with Gasteiger partial charge in [-0.05, 0) is 57.6 Å². The molecule has 1 saturated carbocycles. The molecule has 3 aliphatic rings. The number of piperidine rings is 1. The third kappa shape index (κ3) is 5.60. The third-order valence-corrected chi connectivity index (χ3v) is 6.98. The predicted octanol–water partition coefficient (Wildman–Crippen LogP) is 2.35. The van der Waals surface area contributed by atoms with Gasteiger partial charge in [0.05, 0.1) is 0 Å². The van der Waals surface area contributed by atoms with Crippen LogP contribution in [0.15, 0.2) is 23.4 Å². The Bertz CT molecular complexity index is 768. The number of hydrogen-bond acceptors (Lipinski definition) is 7. The number of nitrogens with one attached hydrogen (secondary N) is 1. The lowest BCUT2D eigenvalue weighted by Gasteiger charge is -2.42. The fourth-order valence-electron chi connectivity index (χ4n) is 4.82. The molecular formula is C23H36N6O2. The smallest absolute Gasteiger partial charge is 0.269 e. The van der Waals surface area contributed by atoms with E-state index in [0.29, 0.717) is 17.7 Å². The lowest BCUT2D eigenvalue weighted by atomic mass is 9.97. The number of pyridine rings is 1. The van der Waals surface area contributed by atoms with Crippen molar-refractivity contribution in [3.8, 4) is 0 Å². The SMILES string of the molecule is CC(C)N1CC[C@@H](N2CCCN(c3cccc(C(=O)NCC4CC4)n3)CC2)[C@H](N=O)C1. The van der Waals surface area contributed by atoms with Gasteiger partial charge in [0.25, 0.3) is 5.91 Å². The number of likely N-dealkylation sites (tertiary alicyclic amines) is 1. The first kappa shape index (κ1) is 22.1. The van der Waals surface area contributed by atoms with E-state index in [9.17, 15) is 9.70 Å². The maximum absolute atomic E-state index is 12.4. The quantitative estimate of drug-likeness (QED) is 0.672. The first-order chi connectivity index (χ1) is 15.0. The number of hydrogen-bond donors (Lipinski definition) is 1. The van der Waals surface area contributed by atoms with Crippen LogP contribution in [0.4, 0.5) is 5.82 Å². The molecule has 31 heavy (non-hydrogen) atoms. The highest BCUT2D eigenvalue weighted by Crippen LogP contribution is 2.27. The number of amides is 1. The van der Waals surface area contributed by atoms with Crippen molar-refractivity contribution in [2.45, 2.75) is 57.7 Å². The van der Waals surface area contributed by atoms with Gasteiger partial charge in [-0.15, -0.1) is 0 Å². The number of nitroso groups, excluding NO2 is 1. The molecule has 8 nitrogen and oxygen atoms in total. The first-order valence-corrected chi connectivity index (χ1v) is 11.9. The summed E-state index contributed by atoms with van der Waals surface area (Å²) in [6.07, 6.45) is 4.43. The molecule has 170 valence electrons. The molecule has 2 saturated heterocycles. The van der Waals surface area contributed by atoms with Crippen molar-refractivity contribution in [2.24, 2.45) is 11.1 Å². The van der Waals surface area contributed by atoms with Crippen LogP contribution in [0, 0.1) is 10.8 Å². The van der Waals surface area contributed by atoms with E-state index in [0.717, 1.165) is 64.5 Å². The minimum absolute atomic E-state index is 0.0815. The van der Waals surface area contributed by atoms with Gasteiger partial charge in [-0.3, -0.25) is 14.6 Å². The van der Waals surface area contributed by atoms with Crippen LogP contribution in [-0.4, -0.2) is 84.6 Å². The third-order valence-electron chi connectivity index (χ3n) is 6.98. The largest absolute Gasteiger partial charge is 0.355 e. The molecule has 2 atom stereocenters. The fraction of sp³-hybridized carbons (Fsp3) is 0.739. The highest BCUT2D eigenvalue weighted by atomic mass is 16.3. The molecule has 0 spiro atoms. The summed E-state index contributed by atoms with van der Waals surface area (Å²) in [5.74, 6) is 1.43. The van der Waals surface area contributed by atoms with Crippen LogP contribution in [-0.2, 0) is 0 Å². The Morgan fingerprint density at radius 2 is 2.00 bits per heavy atom. The van der Waals surface area contributed by atoms with Crippen LogP contribution < -0.4 is 10.2 Å². The maximum Gasteiger partial charge on any atom is 0.269 e. The zero-order valence-corrected chi connectivity index (χ0v) is 18.9. The van der Waals surface area contributed by atoms with E-state index in [4.69, 9.17) is 0 Å². The number of rotatable bonds is 7. The van der Waals surface area contributed by atoms with Crippen molar-refractivity contribution in [1.29, 1.82) is 0 Å². The molecule has 0 bridgehead atoms. The molecule has 1 aromatic heterocycles. The number of aromatic nitrogens is 1. The van der Waals surface area contributed by atoms with Crippen molar-refractivity contribution >= 4 is 11.7 Å². The van der Waals surface area contributed by atoms with E-state index in [1.165, 1.54) is 12.8 Å². The van der Waals surface area contributed by atoms with Gasteiger partial charge in [0.15, 0.2) is 0 Å². The van der Waals surface area contributed by atoms with Crippen LogP contribution in [0.3, 0.4) is 0 Å². The maximum atomic E-state index is 12.4. The van der Waals surface area contributed by atoms with Gasteiger partial charge in [0.2, 0.25) is 0 Å².